The van der Waals surface area contributed by atoms with Gasteiger partial charge in [-0.2, -0.15) is 0 Å². The monoisotopic (exact) mass is 922 g/mol. The number of piperidine rings is 1. The van der Waals surface area contributed by atoms with Gasteiger partial charge >= 0.3 is 5.97 Å². The number of ketones is 3. The third-order valence-electron chi connectivity index (χ3n) is 14.5. The molecule has 0 aromatic heterocycles. The third-order valence-corrected chi connectivity index (χ3v) is 14.5. The number of hydrogen-bond acceptors (Lipinski definition) is 12. The van der Waals surface area contributed by atoms with Crippen LogP contribution in [0.2, 0.25) is 0 Å². The highest BCUT2D eigenvalue weighted by atomic mass is 16.7. The summed E-state index contributed by atoms with van der Waals surface area (Å²) in [6.45, 7) is 14.4. The zero-order valence-corrected chi connectivity index (χ0v) is 41.2. The van der Waals surface area contributed by atoms with E-state index in [4.69, 9.17) is 28.4 Å². The lowest BCUT2D eigenvalue weighted by Crippen LogP contribution is -2.64. The molecule has 1 aliphatic carbocycles. The summed E-state index contributed by atoms with van der Waals surface area (Å²) in [5, 5.41) is 12.1. The van der Waals surface area contributed by atoms with Crippen molar-refractivity contribution in [3.63, 3.8) is 0 Å². The van der Waals surface area contributed by atoms with Crippen molar-refractivity contribution in [1.82, 2.24) is 4.90 Å². The number of hydrogen-bond donors (Lipinski definition) is 1. The molecule has 3 aliphatic heterocycles. The van der Waals surface area contributed by atoms with Gasteiger partial charge in [-0.05, 0) is 114 Å². The zero-order valence-electron chi connectivity index (χ0n) is 41.2. The van der Waals surface area contributed by atoms with E-state index >= 15 is 0 Å². The number of nitrogens with zero attached hydrogens (tertiary/aromatic N) is 1. The Hall–Kier alpha value is -3.59. The maximum absolute atomic E-state index is 14.5. The number of rotatable bonds is 12. The Morgan fingerprint density at radius 2 is 1.61 bits per heavy atom. The number of carbonyl (C=O) groups excluding carboxylic acids is 5. The van der Waals surface area contributed by atoms with Crippen LogP contribution in [0.25, 0.3) is 0 Å². The fourth-order valence-electron chi connectivity index (χ4n) is 10.7. The Bertz CT molecular complexity index is 1850. The summed E-state index contributed by atoms with van der Waals surface area (Å²) in [6.07, 6.45) is 8.21. The Morgan fingerprint density at radius 1 is 0.894 bits per heavy atom. The van der Waals surface area contributed by atoms with Crippen molar-refractivity contribution in [2.75, 3.05) is 34.0 Å². The van der Waals surface area contributed by atoms with Crippen molar-refractivity contribution < 1.29 is 57.5 Å². The number of allylic oxidation sites excluding steroid dienone is 3. The molecule has 1 N–H and O–H groups in total. The summed E-state index contributed by atoms with van der Waals surface area (Å²) in [5.41, 5.74) is 2.50. The summed E-state index contributed by atoms with van der Waals surface area (Å²) in [6, 6.07) is 8.04. The van der Waals surface area contributed by atoms with E-state index < -0.39 is 59.8 Å². The molecule has 0 spiro atoms. The normalized spacial score (nSPS) is 35.8. The minimum atomic E-state index is -2.48. The molecular weight excluding hydrogens is 843 g/mol. The van der Waals surface area contributed by atoms with Crippen molar-refractivity contribution in [2.24, 2.45) is 29.6 Å². The molecule has 2 bridgehead atoms. The fourth-order valence-corrected chi connectivity index (χ4v) is 10.7. The number of carbonyl (C=O) groups is 5. The number of cyclic esters (lactones) is 1. The van der Waals surface area contributed by atoms with Crippen LogP contribution in [0.4, 0.5) is 0 Å². The second kappa shape index (κ2) is 25.1. The molecule has 1 aromatic carbocycles. The van der Waals surface area contributed by atoms with Gasteiger partial charge in [0.05, 0.1) is 24.4 Å². The van der Waals surface area contributed by atoms with Gasteiger partial charge in [-0.15, -0.1) is 0 Å². The quantitative estimate of drug-likeness (QED) is 0.0927. The number of esters is 1. The molecule has 1 aromatic rings. The van der Waals surface area contributed by atoms with Crippen LogP contribution in [0.1, 0.15) is 142 Å². The van der Waals surface area contributed by atoms with Crippen LogP contribution in [0.15, 0.2) is 53.6 Å². The second-order valence-electron chi connectivity index (χ2n) is 19.7. The number of Topliss-reactive ketones (excluding diaryl/α,β-unsaturated/α-hetero) is 3. The van der Waals surface area contributed by atoms with Gasteiger partial charge in [-0.1, -0.05) is 82.7 Å². The van der Waals surface area contributed by atoms with Crippen molar-refractivity contribution in [2.45, 2.75) is 180 Å². The third kappa shape index (κ3) is 13.6. The van der Waals surface area contributed by atoms with Crippen LogP contribution in [0.5, 0.6) is 0 Å². The Kier molecular flexibility index (Phi) is 20.3. The maximum atomic E-state index is 14.5. The van der Waals surface area contributed by atoms with E-state index in [2.05, 4.69) is 26.0 Å². The molecule has 1 saturated carbocycles. The smallest absolute Gasteiger partial charge is 0.329 e. The van der Waals surface area contributed by atoms with Crippen LogP contribution < -0.4 is 0 Å². The number of benzene rings is 1. The van der Waals surface area contributed by atoms with Gasteiger partial charge in [0.15, 0.2) is 5.78 Å². The molecule has 1 amide bonds. The molecule has 13 unspecified atom stereocenters. The molecule has 13 nitrogen and oxygen atoms in total. The summed E-state index contributed by atoms with van der Waals surface area (Å²) in [4.78, 5) is 71.4. The van der Waals surface area contributed by atoms with Gasteiger partial charge in [0.1, 0.15) is 30.6 Å². The van der Waals surface area contributed by atoms with Crippen molar-refractivity contribution in [3.05, 3.63) is 59.2 Å². The molecule has 66 heavy (non-hydrogen) atoms. The summed E-state index contributed by atoms with van der Waals surface area (Å²) in [5.74, 6) is -6.43. The largest absolute Gasteiger partial charge is 0.456 e. The van der Waals surface area contributed by atoms with E-state index in [9.17, 15) is 29.1 Å². The van der Waals surface area contributed by atoms with Crippen LogP contribution in [-0.2, 0) is 47.6 Å². The number of ether oxygens (including phenoxy) is 6. The molecular formula is C53H79NO12. The van der Waals surface area contributed by atoms with Crippen molar-refractivity contribution in [3.8, 4) is 0 Å². The predicted molar refractivity (Wildman–Crippen MR) is 250 cm³/mol. The topological polar surface area (TPSA) is 164 Å². The first-order valence-corrected chi connectivity index (χ1v) is 24.8. The lowest BCUT2D eigenvalue weighted by Gasteiger charge is -2.47. The summed E-state index contributed by atoms with van der Waals surface area (Å²) >= 11 is 0. The molecule has 3 heterocycles. The Balaban J connectivity index is 1.44. The van der Waals surface area contributed by atoms with Crippen LogP contribution in [0, 0.1) is 29.6 Å². The molecule has 368 valence electrons. The van der Waals surface area contributed by atoms with Crippen molar-refractivity contribution >= 4 is 29.2 Å². The lowest BCUT2D eigenvalue weighted by atomic mass is 9.82. The van der Waals surface area contributed by atoms with Gasteiger partial charge in [0.25, 0.3) is 11.7 Å². The van der Waals surface area contributed by atoms with Crippen LogP contribution in [0.3, 0.4) is 0 Å². The van der Waals surface area contributed by atoms with Crippen LogP contribution >= 0.6 is 0 Å². The molecule has 3 fully saturated rings. The summed E-state index contributed by atoms with van der Waals surface area (Å²) < 4.78 is 37.2. The maximum Gasteiger partial charge on any atom is 0.329 e. The molecule has 4 aliphatic rings. The van der Waals surface area contributed by atoms with E-state index in [1.807, 2.05) is 45.9 Å². The molecule has 13 atom stereocenters. The van der Waals surface area contributed by atoms with Gasteiger partial charge in [0.2, 0.25) is 5.79 Å². The predicted octanol–water partition coefficient (Wildman–Crippen LogP) is 8.19. The average Bonchev–Trinajstić information content (AvgIpc) is 3.32. The number of amides is 1. The molecule has 2 saturated heterocycles. The molecule has 0 radical (unpaired) electrons. The minimum Gasteiger partial charge on any atom is -0.456 e. The van der Waals surface area contributed by atoms with Crippen molar-refractivity contribution in [1.29, 1.82) is 0 Å². The SMILES string of the molecule is CCCOC1CC(C=C(C)C2OC(=O)C3CCCCN3C(=O)C(=O)C3(O)OC(C(OC)CC(C)C/C(C)=C/C(CC)C(=O)CCC2C)C(OC)CC3C)CCC1OCC(=O)c1ccccc1. The molecule has 5 rings (SSSR count). The van der Waals surface area contributed by atoms with Gasteiger partial charge in [0, 0.05) is 51.2 Å². The minimum absolute atomic E-state index is 0.0392. The zero-order chi connectivity index (χ0) is 48.1. The number of methoxy groups -OCH3 is 2. The lowest BCUT2D eigenvalue weighted by molar-refractivity contribution is -0.302. The van der Waals surface area contributed by atoms with Gasteiger partial charge in [-0.3, -0.25) is 19.2 Å². The first-order chi connectivity index (χ1) is 31.5. The van der Waals surface area contributed by atoms with E-state index in [0.717, 1.165) is 24.0 Å². The standard InChI is InChI=1S/C53H79NO12/c1-10-25-63-45-31-38(21-23-44(45)64-32-43(56)40-17-13-12-14-18-40)29-36(6)48-35(5)20-22-42(55)39(11-2)27-33(3)26-34(4)28-46(61-8)49-47(62-9)30-37(7)53(60,66-49)50(57)51(58)54-24-16-15-19-41(54)52(59)65-48/h12-14,17-18,27,29,34-35,37-39,41,44-49,60H,10-11,15-16,19-26,28,30-32H2,1-9H3/b33-27+,36-29?. The highest BCUT2D eigenvalue weighted by molar-refractivity contribution is 6.39. The highest BCUT2D eigenvalue weighted by Gasteiger charge is 2.56. The van der Waals surface area contributed by atoms with E-state index in [-0.39, 0.29) is 73.4 Å². The van der Waals surface area contributed by atoms with Gasteiger partial charge in [-0.25, -0.2) is 4.79 Å². The Labute approximate surface area is 393 Å². The first kappa shape index (κ1) is 53.4. The summed E-state index contributed by atoms with van der Waals surface area (Å²) in [7, 11) is 3.11. The first-order valence-electron chi connectivity index (χ1n) is 24.8. The average molecular weight is 922 g/mol. The number of fused-ring (bicyclic) bond motifs is 3. The Morgan fingerprint density at radius 3 is 2.29 bits per heavy atom. The van der Waals surface area contributed by atoms with E-state index in [0.29, 0.717) is 70.0 Å². The van der Waals surface area contributed by atoms with Gasteiger partial charge < -0.3 is 38.4 Å². The number of aliphatic hydroxyl groups is 1. The highest BCUT2D eigenvalue weighted by Crippen LogP contribution is 2.39. The van der Waals surface area contributed by atoms with E-state index in [1.165, 1.54) is 4.90 Å². The van der Waals surface area contributed by atoms with Crippen LogP contribution in [-0.4, -0.2) is 122 Å². The second-order valence-corrected chi connectivity index (χ2v) is 19.7. The van der Waals surface area contributed by atoms with E-state index in [1.54, 1.807) is 33.3 Å². The molecule has 13 heteroatoms. The fraction of sp³-hybridized carbons (Fsp3) is 0.717.